The molecule has 3 N–H and O–H groups in total. The highest BCUT2D eigenvalue weighted by atomic mass is 15.2. The molecule has 4 nitrogen and oxygen atoms in total. The Balaban J connectivity index is 2.25. The fourth-order valence-corrected chi connectivity index (χ4v) is 2.43. The number of nitrogen functional groups attached to an aromatic ring is 1. The molecule has 4 heteroatoms. The van der Waals surface area contributed by atoms with E-state index in [9.17, 15) is 0 Å². The van der Waals surface area contributed by atoms with Crippen molar-refractivity contribution < 1.29 is 0 Å². The summed E-state index contributed by atoms with van der Waals surface area (Å²) < 4.78 is 0. The lowest BCUT2D eigenvalue weighted by Crippen LogP contribution is -1.93. The van der Waals surface area contributed by atoms with Gasteiger partial charge in [-0.3, -0.25) is 10.1 Å². The van der Waals surface area contributed by atoms with E-state index in [0.717, 1.165) is 40.6 Å². The second-order valence-corrected chi connectivity index (χ2v) is 4.59. The van der Waals surface area contributed by atoms with Crippen molar-refractivity contribution >= 4 is 16.7 Å². The molecule has 0 amide bonds. The van der Waals surface area contributed by atoms with Gasteiger partial charge in [0.1, 0.15) is 5.82 Å². The maximum absolute atomic E-state index is 5.95. The molecule has 0 bridgehead atoms. The van der Waals surface area contributed by atoms with Gasteiger partial charge in [0.25, 0.3) is 0 Å². The summed E-state index contributed by atoms with van der Waals surface area (Å²) >= 11 is 0. The summed E-state index contributed by atoms with van der Waals surface area (Å²) in [6, 6.07) is 10.1. The van der Waals surface area contributed by atoms with E-state index in [1.807, 2.05) is 18.2 Å². The number of anilines is 1. The number of nitrogens with two attached hydrogens (primary N) is 1. The second-order valence-electron chi connectivity index (χ2n) is 4.59. The number of fused-ring (bicyclic) bond motifs is 1. The average Bonchev–Trinajstić information content (AvgIpc) is 2.80. The molecule has 0 unspecified atom stereocenters. The van der Waals surface area contributed by atoms with Crippen molar-refractivity contribution in [3.63, 3.8) is 0 Å². The summed E-state index contributed by atoms with van der Waals surface area (Å²) in [6.07, 6.45) is 3.77. The van der Waals surface area contributed by atoms with Crippen LogP contribution in [0.3, 0.4) is 0 Å². The molecular weight excluding hydrogens is 236 g/mol. The van der Waals surface area contributed by atoms with Gasteiger partial charge in [0, 0.05) is 22.7 Å². The Morgan fingerprint density at radius 3 is 2.95 bits per heavy atom. The SMILES string of the molecule is CCCc1c(N)n[nH]c1-c1cccc2ncccc12. The quantitative estimate of drug-likeness (QED) is 0.752. The molecule has 19 heavy (non-hydrogen) atoms. The number of benzene rings is 1. The van der Waals surface area contributed by atoms with Gasteiger partial charge in [0.15, 0.2) is 0 Å². The highest BCUT2D eigenvalue weighted by molar-refractivity contribution is 5.94. The number of aromatic nitrogens is 3. The molecule has 96 valence electrons. The lowest BCUT2D eigenvalue weighted by atomic mass is 10.0. The Hall–Kier alpha value is -2.36. The van der Waals surface area contributed by atoms with Crippen LogP contribution in [0.25, 0.3) is 22.2 Å². The third-order valence-electron chi connectivity index (χ3n) is 3.31. The van der Waals surface area contributed by atoms with Crippen molar-refractivity contribution in [3.05, 3.63) is 42.1 Å². The molecule has 0 spiro atoms. The van der Waals surface area contributed by atoms with Crippen LogP contribution in [0, 0.1) is 0 Å². The zero-order valence-corrected chi connectivity index (χ0v) is 10.9. The van der Waals surface area contributed by atoms with Gasteiger partial charge in [-0.1, -0.05) is 31.5 Å². The van der Waals surface area contributed by atoms with Crippen LogP contribution in [0.1, 0.15) is 18.9 Å². The average molecular weight is 252 g/mol. The van der Waals surface area contributed by atoms with E-state index >= 15 is 0 Å². The Morgan fingerprint density at radius 1 is 1.21 bits per heavy atom. The maximum Gasteiger partial charge on any atom is 0.149 e. The number of hydrogen-bond acceptors (Lipinski definition) is 3. The van der Waals surface area contributed by atoms with Gasteiger partial charge in [-0.05, 0) is 18.6 Å². The van der Waals surface area contributed by atoms with Crippen molar-refractivity contribution in [3.8, 4) is 11.3 Å². The first-order valence-electron chi connectivity index (χ1n) is 6.48. The normalized spacial score (nSPS) is 11.0. The van der Waals surface area contributed by atoms with Crippen LogP contribution >= 0.6 is 0 Å². The molecular formula is C15H16N4. The Morgan fingerprint density at radius 2 is 2.11 bits per heavy atom. The molecule has 0 radical (unpaired) electrons. The standard InChI is InChI=1S/C15H16N4/c1-2-5-12-14(18-19-15(12)16)11-6-3-8-13-10(11)7-4-9-17-13/h3-4,6-9H,2,5H2,1H3,(H3,16,18,19). The van der Waals surface area contributed by atoms with Gasteiger partial charge < -0.3 is 5.73 Å². The molecule has 3 rings (SSSR count). The Bertz CT molecular complexity index is 710. The fourth-order valence-electron chi connectivity index (χ4n) is 2.43. The molecule has 0 aliphatic carbocycles. The lowest BCUT2D eigenvalue weighted by Gasteiger charge is -2.06. The molecule has 2 heterocycles. The van der Waals surface area contributed by atoms with E-state index in [0.29, 0.717) is 5.82 Å². The largest absolute Gasteiger partial charge is 0.382 e. The molecule has 0 saturated carbocycles. The number of nitrogens with zero attached hydrogens (tertiary/aromatic N) is 2. The maximum atomic E-state index is 5.95. The zero-order chi connectivity index (χ0) is 13.2. The molecule has 1 aromatic carbocycles. The van der Waals surface area contributed by atoms with Crippen molar-refractivity contribution in [2.75, 3.05) is 5.73 Å². The van der Waals surface area contributed by atoms with Gasteiger partial charge in [-0.15, -0.1) is 0 Å². The molecule has 0 fully saturated rings. The Kier molecular flexibility index (Phi) is 2.91. The second kappa shape index (κ2) is 4.72. The Labute approximate surface area is 111 Å². The van der Waals surface area contributed by atoms with E-state index in [4.69, 9.17) is 5.73 Å². The van der Waals surface area contributed by atoms with Crippen LogP contribution in [-0.2, 0) is 6.42 Å². The zero-order valence-electron chi connectivity index (χ0n) is 10.9. The van der Waals surface area contributed by atoms with Crippen molar-refractivity contribution in [2.45, 2.75) is 19.8 Å². The highest BCUT2D eigenvalue weighted by Gasteiger charge is 2.14. The van der Waals surface area contributed by atoms with E-state index in [-0.39, 0.29) is 0 Å². The summed E-state index contributed by atoms with van der Waals surface area (Å²) in [6.45, 7) is 2.14. The van der Waals surface area contributed by atoms with Crippen molar-refractivity contribution in [2.24, 2.45) is 0 Å². The smallest absolute Gasteiger partial charge is 0.149 e. The summed E-state index contributed by atoms with van der Waals surface area (Å²) in [5, 5.41) is 8.33. The predicted molar refractivity (Wildman–Crippen MR) is 77.7 cm³/mol. The van der Waals surface area contributed by atoms with Crippen molar-refractivity contribution in [1.29, 1.82) is 0 Å². The van der Waals surface area contributed by atoms with Gasteiger partial charge in [-0.2, -0.15) is 5.10 Å². The van der Waals surface area contributed by atoms with E-state index in [1.54, 1.807) is 6.20 Å². The summed E-state index contributed by atoms with van der Waals surface area (Å²) in [5.41, 5.74) is 10.2. The van der Waals surface area contributed by atoms with Crippen LogP contribution in [0.15, 0.2) is 36.5 Å². The van der Waals surface area contributed by atoms with Gasteiger partial charge in [0.2, 0.25) is 0 Å². The monoisotopic (exact) mass is 252 g/mol. The van der Waals surface area contributed by atoms with Crippen molar-refractivity contribution in [1.82, 2.24) is 15.2 Å². The molecule has 0 aliphatic heterocycles. The van der Waals surface area contributed by atoms with Gasteiger partial charge >= 0.3 is 0 Å². The van der Waals surface area contributed by atoms with Gasteiger partial charge in [0.05, 0.1) is 11.2 Å². The third kappa shape index (κ3) is 1.95. The van der Waals surface area contributed by atoms with Crippen LogP contribution in [0.4, 0.5) is 5.82 Å². The topological polar surface area (TPSA) is 67.6 Å². The first kappa shape index (κ1) is 11.7. The van der Waals surface area contributed by atoms with Crippen LogP contribution in [0.5, 0.6) is 0 Å². The predicted octanol–water partition coefficient (Wildman–Crippen LogP) is 3.16. The van der Waals surface area contributed by atoms with Gasteiger partial charge in [-0.25, -0.2) is 0 Å². The first-order valence-corrected chi connectivity index (χ1v) is 6.48. The lowest BCUT2D eigenvalue weighted by molar-refractivity contribution is 0.927. The third-order valence-corrected chi connectivity index (χ3v) is 3.31. The van der Waals surface area contributed by atoms with E-state index in [1.165, 1.54) is 0 Å². The number of pyridine rings is 1. The number of rotatable bonds is 3. The highest BCUT2D eigenvalue weighted by Crippen LogP contribution is 2.31. The number of H-pyrrole nitrogens is 1. The molecule has 0 atom stereocenters. The summed E-state index contributed by atoms with van der Waals surface area (Å²) in [4.78, 5) is 4.38. The van der Waals surface area contributed by atoms with E-state index in [2.05, 4.69) is 34.2 Å². The van der Waals surface area contributed by atoms with Crippen LogP contribution in [0.2, 0.25) is 0 Å². The first-order chi connectivity index (χ1) is 9.31. The fraction of sp³-hybridized carbons (Fsp3) is 0.200. The van der Waals surface area contributed by atoms with Crippen LogP contribution in [-0.4, -0.2) is 15.2 Å². The molecule has 0 saturated heterocycles. The molecule has 0 aliphatic rings. The minimum Gasteiger partial charge on any atom is -0.382 e. The van der Waals surface area contributed by atoms with Crippen LogP contribution < -0.4 is 5.73 Å². The summed E-state index contributed by atoms with van der Waals surface area (Å²) in [5.74, 6) is 0.595. The minimum atomic E-state index is 0.595. The number of aromatic amines is 1. The minimum absolute atomic E-state index is 0.595. The summed E-state index contributed by atoms with van der Waals surface area (Å²) in [7, 11) is 0. The number of nitrogens with one attached hydrogen (secondary N) is 1. The molecule has 2 aromatic heterocycles. The number of hydrogen-bond donors (Lipinski definition) is 2. The molecule has 3 aromatic rings. The van der Waals surface area contributed by atoms with E-state index < -0.39 is 0 Å².